The minimum absolute atomic E-state index is 0.0908. The molecular weight excluding hydrogens is 290 g/mol. The maximum atomic E-state index is 11.9. The first-order chi connectivity index (χ1) is 10.2. The van der Waals surface area contributed by atoms with E-state index in [-0.39, 0.29) is 17.2 Å². The van der Waals surface area contributed by atoms with Crippen LogP contribution in [0.25, 0.3) is 10.9 Å². The number of rotatable bonds is 7. The van der Waals surface area contributed by atoms with Crippen molar-refractivity contribution in [1.29, 1.82) is 0 Å². The molecule has 2 aromatic rings. The zero-order valence-electron chi connectivity index (χ0n) is 11.7. The summed E-state index contributed by atoms with van der Waals surface area (Å²) in [5.41, 5.74) is 0.438. The summed E-state index contributed by atoms with van der Waals surface area (Å²) in [5, 5.41) is 3.78. The van der Waals surface area contributed by atoms with Gasteiger partial charge in [0.1, 0.15) is 0 Å². The molecule has 112 valence electrons. The Labute approximate surface area is 126 Å². The van der Waals surface area contributed by atoms with Crippen LogP contribution in [0.4, 0.5) is 0 Å². The van der Waals surface area contributed by atoms with Crippen molar-refractivity contribution in [2.45, 2.75) is 11.6 Å². The Kier molecular flexibility index (Phi) is 5.77. The molecule has 0 atom stereocenters. The van der Waals surface area contributed by atoms with E-state index in [2.05, 4.69) is 15.3 Å². The van der Waals surface area contributed by atoms with Gasteiger partial charge in [-0.2, -0.15) is 0 Å². The van der Waals surface area contributed by atoms with Crippen molar-refractivity contribution in [3.63, 3.8) is 0 Å². The Morgan fingerprint density at radius 3 is 3.05 bits per heavy atom. The van der Waals surface area contributed by atoms with Crippen molar-refractivity contribution >= 4 is 28.6 Å². The van der Waals surface area contributed by atoms with E-state index in [0.29, 0.717) is 29.2 Å². The van der Waals surface area contributed by atoms with Crippen LogP contribution in [-0.4, -0.2) is 41.9 Å². The number of hydrogen-bond acceptors (Lipinski definition) is 5. The number of aromatic nitrogens is 2. The molecule has 0 aliphatic rings. The maximum Gasteiger partial charge on any atom is 0.259 e. The molecule has 1 aromatic heterocycles. The summed E-state index contributed by atoms with van der Waals surface area (Å²) >= 11 is 1.21. The molecule has 0 aliphatic carbocycles. The quantitative estimate of drug-likeness (QED) is 0.456. The molecule has 0 radical (unpaired) electrons. The zero-order chi connectivity index (χ0) is 15.1. The van der Waals surface area contributed by atoms with Crippen molar-refractivity contribution < 1.29 is 9.53 Å². The molecule has 0 saturated heterocycles. The molecule has 0 unspecified atom stereocenters. The fourth-order valence-corrected chi connectivity index (χ4v) is 2.46. The van der Waals surface area contributed by atoms with Gasteiger partial charge in [-0.25, -0.2) is 4.98 Å². The van der Waals surface area contributed by atoms with Gasteiger partial charge in [0.2, 0.25) is 5.91 Å². The molecule has 0 spiro atoms. The lowest BCUT2D eigenvalue weighted by Crippen LogP contribution is -2.27. The first-order valence-corrected chi connectivity index (χ1v) is 7.57. The Balaban J connectivity index is 1.91. The van der Waals surface area contributed by atoms with Crippen LogP contribution < -0.4 is 10.9 Å². The number of nitrogens with zero attached hydrogens (tertiary/aromatic N) is 1. The molecule has 7 heteroatoms. The minimum Gasteiger partial charge on any atom is -0.385 e. The lowest BCUT2D eigenvalue weighted by Gasteiger charge is -2.05. The van der Waals surface area contributed by atoms with E-state index in [1.54, 1.807) is 25.3 Å². The molecule has 0 fully saturated rings. The van der Waals surface area contributed by atoms with Gasteiger partial charge in [-0.05, 0) is 18.6 Å². The summed E-state index contributed by atoms with van der Waals surface area (Å²) in [5.74, 6) is 0.126. The number of H-pyrrole nitrogens is 1. The van der Waals surface area contributed by atoms with Gasteiger partial charge >= 0.3 is 0 Å². The average molecular weight is 307 g/mol. The molecule has 2 rings (SSSR count). The third-order valence-corrected chi connectivity index (χ3v) is 3.65. The summed E-state index contributed by atoms with van der Waals surface area (Å²) in [7, 11) is 1.62. The van der Waals surface area contributed by atoms with Crippen LogP contribution >= 0.6 is 11.8 Å². The molecule has 0 aliphatic heterocycles. The molecule has 21 heavy (non-hydrogen) atoms. The third kappa shape index (κ3) is 4.57. The zero-order valence-corrected chi connectivity index (χ0v) is 12.5. The van der Waals surface area contributed by atoms with Crippen LogP contribution in [0.3, 0.4) is 0 Å². The summed E-state index contributed by atoms with van der Waals surface area (Å²) in [6.07, 6.45) is 0.776. The highest BCUT2D eigenvalue weighted by Crippen LogP contribution is 2.14. The summed E-state index contributed by atoms with van der Waals surface area (Å²) in [4.78, 5) is 30.5. The highest BCUT2D eigenvalue weighted by atomic mass is 32.2. The number of amides is 1. The van der Waals surface area contributed by atoms with Gasteiger partial charge in [0.15, 0.2) is 5.16 Å². The fraction of sp³-hybridized carbons (Fsp3) is 0.357. The standard InChI is InChI=1S/C14H17N3O3S/c1-20-8-4-7-15-12(18)9-21-14-16-11-6-3-2-5-10(11)13(19)17-14/h2-3,5-6H,4,7-9H2,1H3,(H,15,18)(H,16,17,19). The van der Waals surface area contributed by atoms with Gasteiger partial charge in [-0.1, -0.05) is 23.9 Å². The SMILES string of the molecule is COCCCNC(=O)CSc1nc2ccccc2c(=O)[nH]1. The van der Waals surface area contributed by atoms with Crippen molar-refractivity contribution in [1.82, 2.24) is 15.3 Å². The minimum atomic E-state index is -0.191. The second-order valence-corrected chi connectivity index (χ2v) is 5.34. The van der Waals surface area contributed by atoms with Crippen molar-refractivity contribution in [2.75, 3.05) is 26.0 Å². The van der Waals surface area contributed by atoms with E-state index < -0.39 is 0 Å². The normalized spacial score (nSPS) is 10.7. The fourth-order valence-electron chi connectivity index (χ4n) is 1.76. The molecule has 6 nitrogen and oxygen atoms in total. The number of hydrogen-bond donors (Lipinski definition) is 2. The third-order valence-electron chi connectivity index (χ3n) is 2.78. The van der Waals surface area contributed by atoms with E-state index in [1.165, 1.54) is 11.8 Å². The number of nitrogens with one attached hydrogen (secondary N) is 2. The van der Waals surface area contributed by atoms with Gasteiger partial charge in [0.05, 0.1) is 16.7 Å². The number of para-hydroxylation sites is 1. The molecular formula is C14H17N3O3S. The first kappa shape index (κ1) is 15.5. The molecule has 2 N–H and O–H groups in total. The van der Waals surface area contributed by atoms with Crippen LogP contribution in [0.1, 0.15) is 6.42 Å². The number of ether oxygens (including phenoxy) is 1. The van der Waals surface area contributed by atoms with E-state index in [0.717, 1.165) is 6.42 Å². The summed E-state index contributed by atoms with van der Waals surface area (Å²) in [6.45, 7) is 1.20. The number of carbonyl (C=O) groups excluding carboxylic acids is 1. The second-order valence-electron chi connectivity index (χ2n) is 4.37. The van der Waals surface area contributed by atoms with Crippen LogP contribution in [0.5, 0.6) is 0 Å². The number of methoxy groups -OCH3 is 1. The molecule has 1 amide bonds. The Bertz CT molecular complexity index is 672. The number of benzene rings is 1. The Morgan fingerprint density at radius 2 is 2.24 bits per heavy atom. The molecule has 0 saturated carbocycles. The van der Waals surface area contributed by atoms with Crippen molar-refractivity contribution in [3.8, 4) is 0 Å². The lowest BCUT2D eigenvalue weighted by molar-refractivity contribution is -0.118. The maximum absolute atomic E-state index is 11.9. The second kappa shape index (κ2) is 7.80. The number of thioether (sulfide) groups is 1. The smallest absolute Gasteiger partial charge is 0.259 e. The van der Waals surface area contributed by atoms with Crippen LogP contribution in [0.2, 0.25) is 0 Å². The summed E-state index contributed by atoms with van der Waals surface area (Å²) in [6, 6.07) is 7.11. The van der Waals surface area contributed by atoms with Crippen molar-refractivity contribution in [2.24, 2.45) is 0 Å². The van der Waals surface area contributed by atoms with E-state index in [1.807, 2.05) is 6.07 Å². The van der Waals surface area contributed by atoms with Gasteiger partial charge in [0.25, 0.3) is 5.56 Å². The average Bonchev–Trinajstić information content (AvgIpc) is 2.50. The van der Waals surface area contributed by atoms with Gasteiger partial charge in [-0.3, -0.25) is 9.59 Å². The van der Waals surface area contributed by atoms with E-state index in [4.69, 9.17) is 4.74 Å². The van der Waals surface area contributed by atoms with Gasteiger partial charge in [-0.15, -0.1) is 0 Å². The topological polar surface area (TPSA) is 84.1 Å². The molecule has 1 aromatic carbocycles. The van der Waals surface area contributed by atoms with Gasteiger partial charge < -0.3 is 15.0 Å². The van der Waals surface area contributed by atoms with Crippen molar-refractivity contribution in [3.05, 3.63) is 34.6 Å². The Hall–Kier alpha value is -1.86. The molecule has 1 heterocycles. The van der Waals surface area contributed by atoms with E-state index >= 15 is 0 Å². The van der Waals surface area contributed by atoms with Crippen LogP contribution in [0.15, 0.2) is 34.2 Å². The summed E-state index contributed by atoms with van der Waals surface area (Å²) < 4.78 is 4.90. The predicted octanol–water partition coefficient (Wildman–Crippen LogP) is 1.17. The number of carbonyl (C=O) groups is 1. The van der Waals surface area contributed by atoms with Crippen LogP contribution in [-0.2, 0) is 9.53 Å². The number of aromatic amines is 1. The first-order valence-electron chi connectivity index (χ1n) is 6.58. The lowest BCUT2D eigenvalue weighted by atomic mass is 10.2. The predicted molar refractivity (Wildman–Crippen MR) is 82.6 cm³/mol. The van der Waals surface area contributed by atoms with E-state index in [9.17, 15) is 9.59 Å². The highest BCUT2D eigenvalue weighted by Gasteiger charge is 2.06. The van der Waals surface area contributed by atoms with Gasteiger partial charge in [0, 0.05) is 20.3 Å². The monoisotopic (exact) mass is 307 g/mol. The highest BCUT2D eigenvalue weighted by molar-refractivity contribution is 7.99. The van der Waals surface area contributed by atoms with Crippen LogP contribution in [0, 0.1) is 0 Å². The molecule has 0 bridgehead atoms. The Morgan fingerprint density at radius 1 is 1.43 bits per heavy atom. The number of fused-ring (bicyclic) bond motifs is 1. The largest absolute Gasteiger partial charge is 0.385 e.